The quantitative estimate of drug-likeness (QED) is 0.422. The molecule has 0 bridgehead atoms. The highest BCUT2D eigenvalue weighted by atomic mass is 32.2. The number of hydrogen-bond donors (Lipinski definition) is 0. The van der Waals surface area contributed by atoms with Crippen LogP contribution in [0.2, 0.25) is 0 Å². The van der Waals surface area contributed by atoms with Gasteiger partial charge in [-0.05, 0) is 19.1 Å². The predicted molar refractivity (Wildman–Crippen MR) is 96.7 cm³/mol. The second-order valence-electron chi connectivity index (χ2n) is 5.59. The monoisotopic (exact) mass is 378 g/mol. The Morgan fingerprint density at radius 2 is 1.73 bits per heavy atom. The van der Waals surface area contributed by atoms with Crippen LogP contribution in [0.3, 0.4) is 0 Å². The standard InChI is InChI=1S/C18H22N2O5S/c1-2-3-5-10-18(22)25-15-17(21)19-11-13-20(14-12-19)26(23,24)16-8-6-4-7-9-16/h2-10H,11-15H2,1H3/b3-2+,10-5+. The summed E-state index contributed by atoms with van der Waals surface area (Å²) < 4.78 is 31.3. The molecule has 0 atom stereocenters. The molecule has 1 aromatic rings. The summed E-state index contributed by atoms with van der Waals surface area (Å²) in [5.41, 5.74) is 0. The van der Waals surface area contributed by atoms with Crippen LogP contribution in [-0.2, 0) is 24.3 Å². The summed E-state index contributed by atoms with van der Waals surface area (Å²) in [6.07, 6.45) is 6.20. The average molecular weight is 378 g/mol. The number of nitrogens with zero attached hydrogens (tertiary/aromatic N) is 2. The number of sulfonamides is 1. The van der Waals surface area contributed by atoms with E-state index in [0.29, 0.717) is 0 Å². The minimum atomic E-state index is -3.56. The summed E-state index contributed by atoms with van der Waals surface area (Å²) in [4.78, 5) is 25.3. The van der Waals surface area contributed by atoms with Crippen molar-refractivity contribution < 1.29 is 22.7 Å². The maximum atomic E-state index is 12.5. The van der Waals surface area contributed by atoms with Crippen molar-refractivity contribution in [1.82, 2.24) is 9.21 Å². The predicted octanol–water partition coefficient (Wildman–Crippen LogP) is 1.19. The molecular formula is C18H22N2O5S. The van der Waals surface area contributed by atoms with Gasteiger partial charge in [0.05, 0.1) is 4.90 Å². The number of amides is 1. The molecule has 0 aliphatic carbocycles. The molecule has 0 saturated carbocycles. The first-order valence-corrected chi connectivity index (χ1v) is 9.68. The zero-order valence-corrected chi connectivity index (χ0v) is 15.4. The van der Waals surface area contributed by atoms with Crippen LogP contribution >= 0.6 is 0 Å². The summed E-state index contributed by atoms with van der Waals surface area (Å²) in [5.74, 6) is -0.934. The van der Waals surface area contributed by atoms with Gasteiger partial charge < -0.3 is 9.64 Å². The number of allylic oxidation sites excluding steroid dienone is 3. The van der Waals surface area contributed by atoms with Crippen molar-refractivity contribution in [2.24, 2.45) is 0 Å². The van der Waals surface area contributed by atoms with Gasteiger partial charge in [-0.2, -0.15) is 4.31 Å². The van der Waals surface area contributed by atoms with Gasteiger partial charge in [0.1, 0.15) is 0 Å². The zero-order valence-electron chi connectivity index (χ0n) is 14.6. The first-order chi connectivity index (χ1) is 12.4. The highest BCUT2D eigenvalue weighted by Gasteiger charge is 2.30. The van der Waals surface area contributed by atoms with E-state index < -0.39 is 16.0 Å². The lowest BCUT2D eigenvalue weighted by Crippen LogP contribution is -2.51. The van der Waals surface area contributed by atoms with Gasteiger partial charge in [-0.25, -0.2) is 13.2 Å². The van der Waals surface area contributed by atoms with Gasteiger partial charge in [0.15, 0.2) is 6.61 Å². The van der Waals surface area contributed by atoms with Crippen molar-refractivity contribution in [2.45, 2.75) is 11.8 Å². The number of carbonyl (C=O) groups is 2. The van der Waals surface area contributed by atoms with Gasteiger partial charge in [0, 0.05) is 32.3 Å². The fourth-order valence-corrected chi connectivity index (χ4v) is 3.88. The number of hydrogen-bond acceptors (Lipinski definition) is 5. The number of esters is 1. The van der Waals surface area contributed by atoms with Crippen LogP contribution in [0.5, 0.6) is 0 Å². The first-order valence-electron chi connectivity index (χ1n) is 8.24. The van der Waals surface area contributed by atoms with E-state index in [2.05, 4.69) is 0 Å². The Morgan fingerprint density at radius 3 is 2.35 bits per heavy atom. The van der Waals surface area contributed by atoms with Gasteiger partial charge in [-0.1, -0.05) is 36.4 Å². The van der Waals surface area contributed by atoms with E-state index in [1.54, 1.807) is 42.5 Å². The summed E-state index contributed by atoms with van der Waals surface area (Å²) in [5, 5.41) is 0. The molecule has 8 heteroatoms. The first kappa shape index (κ1) is 19.9. The summed E-state index contributed by atoms with van der Waals surface area (Å²) in [7, 11) is -3.56. The Balaban J connectivity index is 1.84. The number of piperazine rings is 1. The maximum absolute atomic E-state index is 12.5. The Labute approximate surface area is 153 Å². The van der Waals surface area contributed by atoms with Crippen LogP contribution in [0.25, 0.3) is 0 Å². The van der Waals surface area contributed by atoms with Crippen LogP contribution in [0.1, 0.15) is 6.92 Å². The normalized spacial score (nSPS) is 16.3. The molecule has 1 amide bonds. The third kappa shape index (κ3) is 5.27. The zero-order chi connectivity index (χ0) is 19.0. The number of ether oxygens (including phenoxy) is 1. The molecule has 0 aromatic heterocycles. The minimum absolute atomic E-state index is 0.206. The van der Waals surface area contributed by atoms with E-state index >= 15 is 0 Å². The van der Waals surface area contributed by atoms with Crippen molar-refractivity contribution in [1.29, 1.82) is 0 Å². The molecule has 1 aliphatic rings. The summed E-state index contributed by atoms with van der Waals surface area (Å²) in [6.45, 7) is 2.39. The van der Waals surface area contributed by atoms with Crippen LogP contribution in [0.15, 0.2) is 59.5 Å². The average Bonchev–Trinajstić information content (AvgIpc) is 2.67. The van der Waals surface area contributed by atoms with Crippen LogP contribution in [-0.4, -0.2) is 62.3 Å². The molecule has 0 N–H and O–H groups in total. The molecule has 7 nitrogen and oxygen atoms in total. The van der Waals surface area contributed by atoms with E-state index in [9.17, 15) is 18.0 Å². The largest absolute Gasteiger partial charge is 0.452 e. The van der Waals surface area contributed by atoms with E-state index in [-0.39, 0.29) is 43.6 Å². The van der Waals surface area contributed by atoms with Crippen molar-refractivity contribution in [2.75, 3.05) is 32.8 Å². The number of rotatable bonds is 6. The second kappa shape index (κ2) is 9.30. The van der Waals surface area contributed by atoms with E-state index in [4.69, 9.17) is 4.74 Å². The molecule has 140 valence electrons. The highest BCUT2D eigenvalue weighted by Crippen LogP contribution is 2.17. The van der Waals surface area contributed by atoms with Gasteiger partial charge >= 0.3 is 5.97 Å². The van der Waals surface area contributed by atoms with Crippen molar-refractivity contribution in [3.05, 3.63) is 54.6 Å². The van der Waals surface area contributed by atoms with Crippen molar-refractivity contribution in [3.63, 3.8) is 0 Å². The fraction of sp³-hybridized carbons (Fsp3) is 0.333. The molecule has 0 unspecified atom stereocenters. The molecular weight excluding hydrogens is 356 g/mol. The molecule has 26 heavy (non-hydrogen) atoms. The van der Waals surface area contributed by atoms with Gasteiger partial charge in [-0.3, -0.25) is 4.79 Å². The Hall–Kier alpha value is -2.45. The second-order valence-corrected chi connectivity index (χ2v) is 7.53. The minimum Gasteiger partial charge on any atom is -0.452 e. The van der Waals surface area contributed by atoms with Crippen molar-refractivity contribution >= 4 is 21.9 Å². The lowest BCUT2D eigenvalue weighted by molar-refractivity contribution is -0.148. The van der Waals surface area contributed by atoms with Crippen LogP contribution in [0.4, 0.5) is 0 Å². The van der Waals surface area contributed by atoms with E-state index in [0.717, 1.165) is 0 Å². The smallest absolute Gasteiger partial charge is 0.331 e. The molecule has 1 heterocycles. The van der Waals surface area contributed by atoms with Gasteiger partial charge in [-0.15, -0.1) is 0 Å². The Bertz CT molecular complexity index is 779. The third-order valence-corrected chi connectivity index (χ3v) is 5.76. The topological polar surface area (TPSA) is 84.0 Å². The fourth-order valence-electron chi connectivity index (χ4n) is 2.44. The molecule has 1 aromatic carbocycles. The summed E-state index contributed by atoms with van der Waals surface area (Å²) in [6, 6.07) is 8.20. The molecule has 1 saturated heterocycles. The van der Waals surface area contributed by atoms with E-state index in [1.807, 2.05) is 6.92 Å². The summed E-state index contributed by atoms with van der Waals surface area (Å²) >= 11 is 0. The lowest BCUT2D eigenvalue weighted by Gasteiger charge is -2.33. The van der Waals surface area contributed by atoms with Crippen LogP contribution < -0.4 is 0 Å². The number of carbonyl (C=O) groups excluding carboxylic acids is 2. The number of benzene rings is 1. The van der Waals surface area contributed by atoms with Crippen LogP contribution in [0, 0.1) is 0 Å². The molecule has 1 fully saturated rings. The third-order valence-electron chi connectivity index (χ3n) is 3.85. The maximum Gasteiger partial charge on any atom is 0.331 e. The lowest BCUT2D eigenvalue weighted by atomic mass is 10.3. The van der Waals surface area contributed by atoms with Crippen molar-refractivity contribution in [3.8, 4) is 0 Å². The van der Waals surface area contributed by atoms with Gasteiger partial charge in [0.2, 0.25) is 10.0 Å². The molecule has 2 rings (SSSR count). The highest BCUT2D eigenvalue weighted by molar-refractivity contribution is 7.89. The van der Waals surface area contributed by atoms with E-state index in [1.165, 1.54) is 21.4 Å². The van der Waals surface area contributed by atoms with Gasteiger partial charge in [0.25, 0.3) is 5.91 Å². The Kier molecular flexibility index (Phi) is 7.11. The molecule has 0 spiro atoms. The molecule has 1 aliphatic heterocycles. The molecule has 0 radical (unpaired) electrons. The SMILES string of the molecule is C/C=C/C=C/C(=O)OCC(=O)N1CCN(S(=O)(=O)c2ccccc2)CC1. The Morgan fingerprint density at radius 1 is 1.08 bits per heavy atom.